The van der Waals surface area contributed by atoms with Crippen molar-refractivity contribution < 1.29 is 14.4 Å². The first kappa shape index (κ1) is 19.4. The number of amides is 3. The Balaban J connectivity index is 1.72. The number of carbonyl (C=O) groups is 3. The molecule has 1 aromatic rings. The van der Waals surface area contributed by atoms with E-state index in [9.17, 15) is 14.4 Å². The van der Waals surface area contributed by atoms with Gasteiger partial charge in [0.25, 0.3) is 0 Å². The van der Waals surface area contributed by atoms with Crippen molar-refractivity contribution in [1.82, 2.24) is 9.80 Å². The Kier molecular flexibility index (Phi) is 5.27. The van der Waals surface area contributed by atoms with E-state index in [1.165, 1.54) is 0 Å². The van der Waals surface area contributed by atoms with Crippen LogP contribution in [0.3, 0.4) is 0 Å². The molecule has 0 aromatic heterocycles. The molecule has 27 heavy (non-hydrogen) atoms. The van der Waals surface area contributed by atoms with Crippen molar-refractivity contribution in [2.75, 3.05) is 37.6 Å². The summed E-state index contributed by atoms with van der Waals surface area (Å²) in [5, 5.41) is 0. The third-order valence-electron chi connectivity index (χ3n) is 5.51. The number of anilines is 1. The SMILES string of the molecule is CC(=O)N1CCN(C(=O)C2CC(=O)N(c3ccccc3C(C)(C)C)C2)CC1. The van der Waals surface area contributed by atoms with Crippen LogP contribution in [-0.4, -0.2) is 60.2 Å². The lowest BCUT2D eigenvalue weighted by atomic mass is 9.85. The van der Waals surface area contributed by atoms with Crippen LogP contribution in [0.1, 0.15) is 39.7 Å². The van der Waals surface area contributed by atoms with Crippen molar-refractivity contribution in [2.45, 2.75) is 39.5 Å². The fraction of sp³-hybridized carbons (Fsp3) is 0.571. The van der Waals surface area contributed by atoms with Crippen LogP contribution in [0.4, 0.5) is 5.69 Å². The van der Waals surface area contributed by atoms with Crippen molar-refractivity contribution in [2.24, 2.45) is 5.92 Å². The van der Waals surface area contributed by atoms with E-state index < -0.39 is 0 Å². The number of para-hydroxylation sites is 1. The summed E-state index contributed by atoms with van der Waals surface area (Å²) in [5.41, 5.74) is 1.94. The predicted molar refractivity (Wildman–Crippen MR) is 104 cm³/mol. The first-order valence-corrected chi connectivity index (χ1v) is 9.62. The number of carbonyl (C=O) groups excluding carboxylic acids is 3. The maximum atomic E-state index is 12.9. The highest BCUT2D eigenvalue weighted by Gasteiger charge is 2.39. The topological polar surface area (TPSA) is 60.9 Å². The quantitative estimate of drug-likeness (QED) is 0.799. The van der Waals surface area contributed by atoms with Gasteiger partial charge >= 0.3 is 0 Å². The molecule has 0 N–H and O–H groups in total. The lowest BCUT2D eigenvalue weighted by Gasteiger charge is -2.35. The van der Waals surface area contributed by atoms with Gasteiger partial charge in [0.1, 0.15) is 0 Å². The van der Waals surface area contributed by atoms with Crippen molar-refractivity contribution in [3.8, 4) is 0 Å². The molecule has 0 spiro atoms. The first-order valence-electron chi connectivity index (χ1n) is 9.62. The summed E-state index contributed by atoms with van der Waals surface area (Å²) in [6, 6.07) is 7.95. The van der Waals surface area contributed by atoms with E-state index in [2.05, 4.69) is 26.8 Å². The Bertz CT molecular complexity index is 745. The zero-order valence-corrected chi connectivity index (χ0v) is 16.7. The number of hydrogen-bond acceptors (Lipinski definition) is 3. The van der Waals surface area contributed by atoms with Gasteiger partial charge in [-0.3, -0.25) is 14.4 Å². The van der Waals surface area contributed by atoms with Crippen LogP contribution in [0.15, 0.2) is 24.3 Å². The Labute approximate surface area is 161 Å². The molecule has 6 nitrogen and oxygen atoms in total. The third-order valence-corrected chi connectivity index (χ3v) is 5.51. The van der Waals surface area contributed by atoms with E-state index in [-0.39, 0.29) is 35.5 Å². The molecule has 2 aliphatic heterocycles. The molecule has 1 aromatic carbocycles. The van der Waals surface area contributed by atoms with Crippen LogP contribution in [0.25, 0.3) is 0 Å². The molecule has 2 heterocycles. The molecule has 2 saturated heterocycles. The molecule has 3 rings (SSSR count). The van der Waals surface area contributed by atoms with E-state index in [1.54, 1.807) is 21.6 Å². The summed E-state index contributed by atoms with van der Waals surface area (Å²) < 4.78 is 0. The average molecular weight is 371 g/mol. The van der Waals surface area contributed by atoms with Gasteiger partial charge in [-0.05, 0) is 17.0 Å². The van der Waals surface area contributed by atoms with E-state index in [0.29, 0.717) is 32.7 Å². The second kappa shape index (κ2) is 7.33. The second-order valence-corrected chi connectivity index (χ2v) is 8.50. The molecule has 3 amide bonds. The molecule has 146 valence electrons. The van der Waals surface area contributed by atoms with Gasteiger partial charge in [0.05, 0.1) is 5.92 Å². The highest BCUT2D eigenvalue weighted by atomic mass is 16.2. The average Bonchev–Trinajstić information content (AvgIpc) is 3.02. The monoisotopic (exact) mass is 371 g/mol. The minimum absolute atomic E-state index is 0.00687. The number of benzene rings is 1. The standard InChI is InChI=1S/C21H29N3O3/c1-15(25)22-9-11-23(12-10-22)20(27)16-13-19(26)24(14-16)18-8-6-5-7-17(18)21(2,3)4/h5-8,16H,9-14H2,1-4H3. The fourth-order valence-electron chi connectivity index (χ4n) is 3.95. The maximum absolute atomic E-state index is 12.9. The first-order chi connectivity index (χ1) is 12.7. The molecule has 0 radical (unpaired) electrons. The highest BCUT2D eigenvalue weighted by molar-refractivity contribution is 6.01. The van der Waals surface area contributed by atoms with Crippen molar-refractivity contribution in [1.29, 1.82) is 0 Å². The van der Waals surface area contributed by atoms with E-state index in [4.69, 9.17) is 0 Å². The van der Waals surface area contributed by atoms with Crippen LogP contribution in [-0.2, 0) is 19.8 Å². The summed E-state index contributed by atoms with van der Waals surface area (Å²) in [6.45, 7) is 10.6. The van der Waals surface area contributed by atoms with Crippen molar-refractivity contribution in [3.63, 3.8) is 0 Å². The molecule has 0 bridgehead atoms. The third kappa shape index (κ3) is 3.99. The summed E-state index contributed by atoms with van der Waals surface area (Å²) in [4.78, 5) is 42.4. The molecule has 6 heteroatoms. The predicted octanol–water partition coefficient (Wildman–Crippen LogP) is 2.03. The summed E-state index contributed by atoms with van der Waals surface area (Å²) >= 11 is 0. The minimum Gasteiger partial charge on any atom is -0.339 e. The van der Waals surface area contributed by atoms with Gasteiger partial charge in [0.2, 0.25) is 17.7 Å². The normalized spacial score (nSPS) is 21.0. The maximum Gasteiger partial charge on any atom is 0.228 e. The number of hydrogen-bond donors (Lipinski definition) is 0. The molecule has 1 atom stereocenters. The molecular formula is C21H29N3O3. The fourth-order valence-corrected chi connectivity index (χ4v) is 3.95. The van der Waals surface area contributed by atoms with Gasteiger partial charge in [-0.1, -0.05) is 39.0 Å². The molecule has 1 unspecified atom stereocenters. The van der Waals surface area contributed by atoms with E-state index in [1.807, 2.05) is 18.2 Å². The van der Waals surface area contributed by atoms with Gasteiger partial charge in [-0.15, -0.1) is 0 Å². The number of piperazine rings is 1. The molecule has 2 aliphatic rings. The van der Waals surface area contributed by atoms with Gasteiger partial charge in [0, 0.05) is 51.8 Å². The summed E-state index contributed by atoms with van der Waals surface area (Å²) in [7, 11) is 0. The largest absolute Gasteiger partial charge is 0.339 e. The van der Waals surface area contributed by atoms with Crippen LogP contribution < -0.4 is 4.90 Å². The Morgan fingerprint density at radius 2 is 1.59 bits per heavy atom. The second-order valence-electron chi connectivity index (χ2n) is 8.50. The Morgan fingerprint density at radius 1 is 1.00 bits per heavy atom. The van der Waals surface area contributed by atoms with Crippen LogP contribution in [0.2, 0.25) is 0 Å². The minimum atomic E-state index is -0.311. The summed E-state index contributed by atoms with van der Waals surface area (Å²) in [6.07, 6.45) is 0.254. The lowest BCUT2D eigenvalue weighted by molar-refractivity contribution is -0.141. The molecular weight excluding hydrogens is 342 g/mol. The molecule has 2 fully saturated rings. The van der Waals surface area contributed by atoms with Crippen molar-refractivity contribution >= 4 is 23.4 Å². The zero-order valence-electron chi connectivity index (χ0n) is 16.7. The Morgan fingerprint density at radius 3 is 2.19 bits per heavy atom. The lowest BCUT2D eigenvalue weighted by Crippen LogP contribution is -2.51. The van der Waals surface area contributed by atoms with Gasteiger partial charge in [-0.25, -0.2) is 0 Å². The van der Waals surface area contributed by atoms with Crippen LogP contribution in [0.5, 0.6) is 0 Å². The smallest absolute Gasteiger partial charge is 0.228 e. The highest BCUT2D eigenvalue weighted by Crippen LogP contribution is 2.35. The van der Waals surface area contributed by atoms with Crippen LogP contribution in [0, 0.1) is 5.92 Å². The van der Waals surface area contributed by atoms with Gasteiger partial charge in [-0.2, -0.15) is 0 Å². The molecule has 0 saturated carbocycles. The van der Waals surface area contributed by atoms with Gasteiger partial charge in [0.15, 0.2) is 0 Å². The molecule has 0 aliphatic carbocycles. The Hall–Kier alpha value is -2.37. The van der Waals surface area contributed by atoms with Crippen molar-refractivity contribution in [3.05, 3.63) is 29.8 Å². The van der Waals surface area contributed by atoms with Gasteiger partial charge < -0.3 is 14.7 Å². The number of rotatable bonds is 2. The number of nitrogens with zero attached hydrogens (tertiary/aromatic N) is 3. The van der Waals surface area contributed by atoms with Crippen LogP contribution >= 0.6 is 0 Å². The van der Waals surface area contributed by atoms with E-state index in [0.717, 1.165) is 11.3 Å². The summed E-state index contributed by atoms with van der Waals surface area (Å²) in [5.74, 6) is -0.229. The zero-order chi connectivity index (χ0) is 19.8. The van der Waals surface area contributed by atoms with E-state index >= 15 is 0 Å².